The van der Waals surface area contributed by atoms with Crippen LogP contribution in [0.5, 0.6) is 5.75 Å². The Morgan fingerprint density at radius 1 is 1.29 bits per heavy atom. The number of nitrogens with one attached hydrogen (secondary N) is 1. The minimum absolute atomic E-state index is 0.139. The summed E-state index contributed by atoms with van der Waals surface area (Å²) in [6.07, 6.45) is -0.209. The minimum atomic E-state index is -3.98. The second-order valence-corrected chi connectivity index (χ2v) is 7.61. The zero-order chi connectivity index (χ0) is 16.4. The number of primary sulfonamides is 1. The van der Waals surface area contributed by atoms with Gasteiger partial charge in [0.1, 0.15) is 10.6 Å². The van der Waals surface area contributed by atoms with Crippen LogP contribution >= 0.6 is 0 Å². The van der Waals surface area contributed by atoms with Crippen molar-refractivity contribution in [2.45, 2.75) is 51.2 Å². The number of hydrogen-bond donors (Lipinski definition) is 2. The average molecular weight is 314 g/mol. The summed E-state index contributed by atoms with van der Waals surface area (Å²) < 4.78 is 28.7. The summed E-state index contributed by atoms with van der Waals surface area (Å²) in [6, 6.07) is 4.18. The molecule has 7 heteroatoms. The Kier molecular flexibility index (Phi) is 5.01. The van der Waals surface area contributed by atoms with Gasteiger partial charge in [0, 0.05) is 11.1 Å². The molecule has 3 N–H and O–H groups in total. The Morgan fingerprint density at radius 2 is 1.86 bits per heavy atom. The van der Waals surface area contributed by atoms with E-state index in [1.807, 2.05) is 20.8 Å². The number of hydrogen-bond acceptors (Lipinski definition) is 4. The number of carbonyl (C=O) groups excluding carboxylic acids is 1. The van der Waals surface area contributed by atoms with Gasteiger partial charge in [0.05, 0.1) is 6.10 Å². The molecule has 0 aliphatic heterocycles. The van der Waals surface area contributed by atoms with E-state index in [0.717, 1.165) is 0 Å². The lowest BCUT2D eigenvalue weighted by Crippen LogP contribution is -2.40. The third-order valence-corrected chi connectivity index (χ3v) is 3.30. The Balaban J connectivity index is 3.25. The van der Waals surface area contributed by atoms with Crippen LogP contribution in [0.3, 0.4) is 0 Å². The smallest absolute Gasteiger partial charge is 0.251 e. The van der Waals surface area contributed by atoms with Crippen molar-refractivity contribution in [3.8, 4) is 5.75 Å². The topological polar surface area (TPSA) is 98.5 Å². The van der Waals surface area contributed by atoms with Crippen molar-refractivity contribution in [2.75, 3.05) is 0 Å². The molecular weight excluding hydrogens is 292 g/mol. The van der Waals surface area contributed by atoms with Crippen LogP contribution in [0.1, 0.15) is 45.0 Å². The van der Waals surface area contributed by atoms with E-state index >= 15 is 0 Å². The molecule has 0 radical (unpaired) electrons. The molecular formula is C14H22N2O4S. The Morgan fingerprint density at radius 3 is 2.29 bits per heavy atom. The highest BCUT2D eigenvalue weighted by molar-refractivity contribution is 7.89. The van der Waals surface area contributed by atoms with Crippen molar-refractivity contribution in [3.05, 3.63) is 23.8 Å². The van der Waals surface area contributed by atoms with Gasteiger partial charge in [0.2, 0.25) is 10.0 Å². The molecule has 0 unspecified atom stereocenters. The van der Waals surface area contributed by atoms with Gasteiger partial charge in [-0.15, -0.1) is 0 Å². The van der Waals surface area contributed by atoms with Crippen LogP contribution in [-0.2, 0) is 10.0 Å². The quantitative estimate of drug-likeness (QED) is 0.882. The third-order valence-electron chi connectivity index (χ3n) is 2.36. The van der Waals surface area contributed by atoms with E-state index < -0.39 is 15.6 Å². The van der Waals surface area contributed by atoms with Crippen molar-refractivity contribution in [2.24, 2.45) is 5.14 Å². The Hall–Kier alpha value is -1.60. The normalized spacial score (nSPS) is 12.3. The summed E-state index contributed by atoms with van der Waals surface area (Å²) in [5, 5.41) is 7.95. The molecule has 0 heterocycles. The first-order valence-corrected chi connectivity index (χ1v) is 8.11. The van der Waals surface area contributed by atoms with Crippen LogP contribution in [0.25, 0.3) is 0 Å². The molecule has 1 aromatic carbocycles. The van der Waals surface area contributed by atoms with Gasteiger partial charge in [-0.25, -0.2) is 13.6 Å². The maximum absolute atomic E-state index is 12.1. The van der Waals surface area contributed by atoms with Crippen LogP contribution in [-0.4, -0.2) is 26.0 Å². The lowest BCUT2D eigenvalue weighted by Gasteiger charge is -2.21. The number of amides is 1. The largest absolute Gasteiger partial charge is 0.490 e. The van der Waals surface area contributed by atoms with Crippen molar-refractivity contribution in [1.29, 1.82) is 0 Å². The number of rotatable bonds is 4. The summed E-state index contributed by atoms with van der Waals surface area (Å²) in [7, 11) is -3.98. The molecule has 1 rings (SSSR count). The standard InChI is InChI=1S/C14H22N2O4S/c1-9(2)20-11-7-6-10(8-12(11)21(15,18)19)13(17)16-14(3,4)5/h6-9H,1-5H3,(H,16,17)(H2,15,18,19). The van der Waals surface area contributed by atoms with Gasteiger partial charge < -0.3 is 10.1 Å². The predicted octanol–water partition coefficient (Wildman–Crippen LogP) is 1.65. The van der Waals surface area contributed by atoms with Crippen molar-refractivity contribution in [1.82, 2.24) is 5.32 Å². The van der Waals surface area contributed by atoms with E-state index in [1.165, 1.54) is 18.2 Å². The van der Waals surface area contributed by atoms with Crippen LogP contribution in [0, 0.1) is 0 Å². The molecule has 0 fully saturated rings. The summed E-state index contributed by atoms with van der Waals surface area (Å²) in [6.45, 7) is 9.05. The van der Waals surface area contributed by atoms with Crippen LogP contribution in [0.4, 0.5) is 0 Å². The van der Waals surface area contributed by atoms with Gasteiger partial charge in [-0.1, -0.05) is 0 Å². The summed E-state index contributed by atoms with van der Waals surface area (Å²) in [5.74, 6) is -0.233. The summed E-state index contributed by atoms with van der Waals surface area (Å²) in [4.78, 5) is 11.9. The maximum atomic E-state index is 12.1. The van der Waals surface area contributed by atoms with E-state index in [0.29, 0.717) is 0 Å². The molecule has 1 aromatic rings. The first-order chi connectivity index (χ1) is 9.40. The van der Waals surface area contributed by atoms with Gasteiger partial charge in [-0.3, -0.25) is 4.79 Å². The SMILES string of the molecule is CC(C)Oc1ccc(C(=O)NC(C)(C)C)cc1S(N)(=O)=O. The first kappa shape index (κ1) is 17.5. The van der Waals surface area contributed by atoms with Crippen LogP contribution < -0.4 is 15.2 Å². The van der Waals surface area contributed by atoms with Crippen molar-refractivity contribution < 1.29 is 17.9 Å². The second-order valence-electron chi connectivity index (χ2n) is 6.08. The first-order valence-electron chi connectivity index (χ1n) is 6.56. The molecule has 1 amide bonds. The van der Waals surface area contributed by atoms with E-state index in [9.17, 15) is 13.2 Å². The lowest BCUT2D eigenvalue weighted by atomic mass is 10.1. The number of ether oxygens (including phenoxy) is 1. The van der Waals surface area contributed by atoms with Crippen LogP contribution in [0.2, 0.25) is 0 Å². The highest BCUT2D eigenvalue weighted by atomic mass is 32.2. The number of sulfonamides is 1. The van der Waals surface area contributed by atoms with Gasteiger partial charge in [-0.2, -0.15) is 0 Å². The van der Waals surface area contributed by atoms with Gasteiger partial charge in [0.15, 0.2) is 0 Å². The molecule has 118 valence electrons. The fraction of sp³-hybridized carbons (Fsp3) is 0.500. The maximum Gasteiger partial charge on any atom is 0.251 e. The van der Waals surface area contributed by atoms with E-state index in [-0.39, 0.29) is 28.2 Å². The van der Waals surface area contributed by atoms with Crippen molar-refractivity contribution >= 4 is 15.9 Å². The van der Waals surface area contributed by atoms with Gasteiger partial charge >= 0.3 is 0 Å². The Labute approximate surface area is 125 Å². The summed E-state index contributed by atoms with van der Waals surface area (Å²) >= 11 is 0. The second kappa shape index (κ2) is 6.03. The molecule has 0 spiro atoms. The highest BCUT2D eigenvalue weighted by Gasteiger charge is 2.21. The zero-order valence-electron chi connectivity index (χ0n) is 12.9. The molecule has 0 aliphatic carbocycles. The monoisotopic (exact) mass is 314 g/mol. The predicted molar refractivity (Wildman–Crippen MR) is 80.8 cm³/mol. The van der Waals surface area contributed by atoms with Gasteiger partial charge in [-0.05, 0) is 52.8 Å². The van der Waals surface area contributed by atoms with Crippen molar-refractivity contribution in [3.63, 3.8) is 0 Å². The molecule has 6 nitrogen and oxygen atoms in total. The fourth-order valence-electron chi connectivity index (χ4n) is 1.64. The number of nitrogens with two attached hydrogens (primary N) is 1. The van der Waals surface area contributed by atoms with E-state index in [2.05, 4.69) is 5.32 Å². The highest BCUT2D eigenvalue weighted by Crippen LogP contribution is 2.25. The zero-order valence-corrected chi connectivity index (χ0v) is 13.7. The molecule has 0 saturated carbocycles. The third kappa shape index (κ3) is 5.35. The number of benzene rings is 1. The molecule has 0 atom stereocenters. The Bertz CT molecular complexity index is 631. The minimum Gasteiger partial charge on any atom is -0.490 e. The van der Waals surface area contributed by atoms with E-state index in [1.54, 1.807) is 13.8 Å². The van der Waals surface area contributed by atoms with Crippen LogP contribution in [0.15, 0.2) is 23.1 Å². The lowest BCUT2D eigenvalue weighted by molar-refractivity contribution is 0.0919. The van der Waals surface area contributed by atoms with Gasteiger partial charge in [0.25, 0.3) is 5.91 Å². The fourth-order valence-corrected chi connectivity index (χ4v) is 2.32. The van der Waals surface area contributed by atoms with E-state index in [4.69, 9.17) is 9.88 Å². The summed E-state index contributed by atoms with van der Waals surface area (Å²) in [5.41, 5.74) is -0.212. The molecule has 0 saturated heterocycles. The number of carbonyl (C=O) groups is 1. The molecule has 0 bridgehead atoms. The average Bonchev–Trinajstić information content (AvgIpc) is 2.24. The molecule has 0 aromatic heterocycles. The molecule has 0 aliphatic rings. The molecule has 21 heavy (non-hydrogen) atoms.